The zero-order chi connectivity index (χ0) is 26.6. The summed E-state index contributed by atoms with van der Waals surface area (Å²) in [7, 11) is 1.56. The molecule has 7 nitrogen and oxygen atoms in total. The summed E-state index contributed by atoms with van der Waals surface area (Å²) in [6.07, 6.45) is 0.438. The highest BCUT2D eigenvalue weighted by Crippen LogP contribution is 2.53. The van der Waals surface area contributed by atoms with E-state index in [1.165, 1.54) is 17.0 Å². The number of aryl methyl sites for hydroxylation is 1. The summed E-state index contributed by atoms with van der Waals surface area (Å²) in [5, 5.41) is -0.0164. The molecule has 1 spiro atoms. The van der Waals surface area contributed by atoms with E-state index in [2.05, 4.69) is 0 Å². The Morgan fingerprint density at radius 2 is 1.76 bits per heavy atom. The first kappa shape index (κ1) is 24.1. The summed E-state index contributed by atoms with van der Waals surface area (Å²) in [4.78, 5) is 45.6. The predicted molar refractivity (Wildman–Crippen MR) is 140 cm³/mol. The fourth-order valence-electron chi connectivity index (χ4n) is 5.74. The quantitative estimate of drug-likeness (QED) is 0.355. The summed E-state index contributed by atoms with van der Waals surface area (Å²) in [5.74, 6) is -1.78. The summed E-state index contributed by atoms with van der Waals surface area (Å²) >= 11 is 0. The molecular formula is C30H25FN2O5. The Balaban J connectivity index is 1.63. The molecule has 0 saturated carbocycles. The molecule has 0 bridgehead atoms. The van der Waals surface area contributed by atoms with Crippen LogP contribution in [0.3, 0.4) is 0 Å². The van der Waals surface area contributed by atoms with Crippen LogP contribution < -0.4 is 10.3 Å². The number of hydrogen-bond acceptors (Lipinski definition) is 5. The van der Waals surface area contributed by atoms with Crippen molar-refractivity contribution in [2.45, 2.75) is 25.4 Å². The molecule has 2 amide bonds. The zero-order valence-electron chi connectivity index (χ0n) is 21.0. The van der Waals surface area contributed by atoms with E-state index in [1.54, 1.807) is 24.1 Å². The van der Waals surface area contributed by atoms with Crippen LogP contribution in [0.15, 0.2) is 75.9 Å². The van der Waals surface area contributed by atoms with Crippen molar-refractivity contribution < 1.29 is 23.1 Å². The summed E-state index contributed by atoms with van der Waals surface area (Å²) in [6.45, 7) is 2.73. The van der Waals surface area contributed by atoms with Gasteiger partial charge in [0.05, 0.1) is 23.2 Å². The number of nitrogens with zero attached hydrogens (tertiary/aromatic N) is 2. The molecule has 1 aromatic heterocycles. The average Bonchev–Trinajstić information content (AvgIpc) is 3.31. The molecule has 0 radical (unpaired) electrons. The van der Waals surface area contributed by atoms with Gasteiger partial charge in [-0.05, 0) is 48.7 Å². The smallest absolute Gasteiger partial charge is 0.291 e. The van der Waals surface area contributed by atoms with Gasteiger partial charge in [-0.15, -0.1) is 0 Å². The Labute approximate surface area is 218 Å². The summed E-state index contributed by atoms with van der Waals surface area (Å²) in [6, 6.07) is 18.5. The number of amides is 2. The van der Waals surface area contributed by atoms with E-state index >= 15 is 0 Å². The molecule has 0 aliphatic carbocycles. The number of rotatable bonds is 6. The van der Waals surface area contributed by atoms with Gasteiger partial charge in [0.15, 0.2) is 11.0 Å². The molecule has 3 heterocycles. The van der Waals surface area contributed by atoms with Crippen LogP contribution in [0.1, 0.15) is 39.2 Å². The lowest BCUT2D eigenvalue weighted by molar-refractivity contribution is -0.126. The molecule has 6 rings (SSSR count). The van der Waals surface area contributed by atoms with Gasteiger partial charge in [0.1, 0.15) is 11.4 Å². The Morgan fingerprint density at radius 3 is 2.55 bits per heavy atom. The maximum Gasteiger partial charge on any atom is 0.291 e. The van der Waals surface area contributed by atoms with Crippen molar-refractivity contribution in [1.82, 2.24) is 4.90 Å². The number of hydrogen-bond donors (Lipinski definition) is 0. The number of carbonyl (C=O) groups is 2. The standard InChI is InChI=1S/C30H25FN2O5/c1-18-8-3-4-9-19(18)17-32-23-11-6-5-10-22(23)30(29(32)36)25-26(34)21-16-20(31)12-13-24(21)38-27(25)28(35)33(30)14-7-15-37-2/h3-6,8-13,16H,7,14-15,17H2,1-2H3. The molecular weight excluding hydrogens is 487 g/mol. The van der Waals surface area contributed by atoms with E-state index in [-0.39, 0.29) is 35.4 Å². The molecule has 192 valence electrons. The third-order valence-electron chi connectivity index (χ3n) is 7.52. The van der Waals surface area contributed by atoms with Crippen LogP contribution in [-0.2, 0) is 21.6 Å². The molecule has 38 heavy (non-hydrogen) atoms. The van der Waals surface area contributed by atoms with Gasteiger partial charge in [-0.1, -0.05) is 42.5 Å². The SMILES string of the molecule is COCCCN1C(=O)c2oc3ccc(F)cc3c(=O)c2C12C(=O)N(Cc1ccccc1C)c1ccccc12. The van der Waals surface area contributed by atoms with Crippen molar-refractivity contribution >= 4 is 28.5 Å². The Bertz CT molecular complexity index is 1680. The number of anilines is 1. The molecule has 0 N–H and O–H groups in total. The van der Waals surface area contributed by atoms with E-state index in [1.807, 2.05) is 43.3 Å². The molecule has 3 aromatic carbocycles. The van der Waals surface area contributed by atoms with E-state index in [9.17, 15) is 18.8 Å². The fraction of sp³-hybridized carbons (Fsp3) is 0.233. The molecule has 1 unspecified atom stereocenters. The second kappa shape index (κ2) is 8.92. The molecule has 0 saturated heterocycles. The zero-order valence-corrected chi connectivity index (χ0v) is 21.0. The lowest BCUT2D eigenvalue weighted by Gasteiger charge is -2.34. The van der Waals surface area contributed by atoms with E-state index < -0.39 is 28.6 Å². The highest BCUT2D eigenvalue weighted by Gasteiger charge is 2.64. The van der Waals surface area contributed by atoms with Gasteiger partial charge in [-0.3, -0.25) is 14.4 Å². The van der Waals surface area contributed by atoms with Gasteiger partial charge in [-0.25, -0.2) is 4.39 Å². The average molecular weight is 513 g/mol. The highest BCUT2D eigenvalue weighted by molar-refractivity contribution is 6.17. The third kappa shape index (κ3) is 3.26. The van der Waals surface area contributed by atoms with Crippen molar-refractivity contribution in [2.75, 3.05) is 25.2 Å². The van der Waals surface area contributed by atoms with Gasteiger partial charge >= 0.3 is 0 Å². The van der Waals surface area contributed by atoms with Crippen LogP contribution in [-0.4, -0.2) is 37.0 Å². The number of para-hydroxylation sites is 1. The first-order valence-electron chi connectivity index (χ1n) is 12.4. The fourth-order valence-corrected chi connectivity index (χ4v) is 5.74. The molecule has 8 heteroatoms. The maximum atomic E-state index is 14.7. The molecule has 2 aliphatic rings. The highest BCUT2D eigenvalue weighted by atomic mass is 19.1. The number of benzene rings is 3. The minimum atomic E-state index is -1.74. The van der Waals surface area contributed by atoms with Crippen molar-refractivity contribution in [3.8, 4) is 0 Å². The number of carbonyl (C=O) groups excluding carboxylic acids is 2. The Morgan fingerprint density at radius 1 is 1.00 bits per heavy atom. The maximum absolute atomic E-state index is 14.7. The van der Waals surface area contributed by atoms with E-state index in [0.717, 1.165) is 17.2 Å². The molecule has 2 aliphatic heterocycles. The van der Waals surface area contributed by atoms with Crippen molar-refractivity contribution in [2.24, 2.45) is 0 Å². The van der Waals surface area contributed by atoms with Crippen LogP contribution in [0, 0.1) is 12.7 Å². The van der Waals surface area contributed by atoms with Gasteiger partial charge in [-0.2, -0.15) is 0 Å². The first-order chi connectivity index (χ1) is 18.4. The number of ether oxygens (including phenoxy) is 1. The second-order valence-electron chi connectivity index (χ2n) is 9.62. The minimum absolute atomic E-state index is 0.0164. The minimum Gasteiger partial charge on any atom is -0.450 e. The summed E-state index contributed by atoms with van der Waals surface area (Å²) in [5.41, 5.74) is 0.777. The lowest BCUT2D eigenvalue weighted by atomic mass is 9.84. The van der Waals surface area contributed by atoms with Crippen LogP contribution in [0.4, 0.5) is 10.1 Å². The van der Waals surface area contributed by atoms with Crippen LogP contribution in [0.5, 0.6) is 0 Å². The van der Waals surface area contributed by atoms with Crippen molar-refractivity contribution in [1.29, 1.82) is 0 Å². The number of halogens is 1. The third-order valence-corrected chi connectivity index (χ3v) is 7.52. The Hall–Kier alpha value is -4.30. The van der Waals surface area contributed by atoms with E-state index in [4.69, 9.17) is 9.15 Å². The summed E-state index contributed by atoms with van der Waals surface area (Å²) < 4.78 is 25.4. The van der Waals surface area contributed by atoms with Gasteiger partial charge in [0.2, 0.25) is 5.76 Å². The molecule has 1 atom stereocenters. The van der Waals surface area contributed by atoms with Crippen molar-refractivity contribution in [3.63, 3.8) is 0 Å². The lowest BCUT2D eigenvalue weighted by Crippen LogP contribution is -2.53. The van der Waals surface area contributed by atoms with Crippen LogP contribution in [0.2, 0.25) is 0 Å². The first-order valence-corrected chi connectivity index (χ1v) is 12.4. The van der Waals surface area contributed by atoms with Crippen molar-refractivity contribution in [3.05, 3.63) is 111 Å². The topological polar surface area (TPSA) is 80.1 Å². The van der Waals surface area contributed by atoms with E-state index in [0.29, 0.717) is 24.3 Å². The van der Waals surface area contributed by atoms with Gasteiger partial charge in [0, 0.05) is 25.8 Å². The largest absolute Gasteiger partial charge is 0.450 e. The number of fused-ring (bicyclic) bond motifs is 5. The monoisotopic (exact) mass is 512 g/mol. The Kier molecular flexibility index (Phi) is 5.65. The van der Waals surface area contributed by atoms with Gasteiger partial charge < -0.3 is 19.0 Å². The predicted octanol–water partition coefficient (Wildman–Crippen LogP) is 4.52. The number of methoxy groups -OCH3 is 1. The van der Waals surface area contributed by atoms with Gasteiger partial charge in [0.25, 0.3) is 11.8 Å². The second-order valence-corrected chi connectivity index (χ2v) is 9.62. The molecule has 0 fully saturated rings. The normalized spacial score (nSPS) is 18.1. The molecule has 4 aromatic rings. The van der Waals surface area contributed by atoms with Crippen LogP contribution >= 0.6 is 0 Å². The van der Waals surface area contributed by atoms with Crippen LogP contribution in [0.25, 0.3) is 11.0 Å².